The maximum Gasteiger partial charge on any atom is 0.262 e. The van der Waals surface area contributed by atoms with Gasteiger partial charge in [-0.3, -0.25) is 4.79 Å². The van der Waals surface area contributed by atoms with Gasteiger partial charge in [-0.05, 0) is 12.1 Å². The van der Waals surface area contributed by atoms with Crippen molar-refractivity contribution in [3.05, 3.63) is 55.1 Å². The van der Waals surface area contributed by atoms with Gasteiger partial charge in [0, 0.05) is 30.0 Å². The smallest absolute Gasteiger partial charge is 0.262 e. The Kier molecular flexibility index (Phi) is 6.71. The first-order chi connectivity index (χ1) is 12.1. The molecular formula is C19H21NO5. The summed E-state index contributed by atoms with van der Waals surface area (Å²) in [4.78, 5) is 12.1. The van der Waals surface area contributed by atoms with Gasteiger partial charge in [0.05, 0.1) is 14.2 Å². The molecule has 2 aromatic rings. The summed E-state index contributed by atoms with van der Waals surface area (Å²) in [7, 11) is 3.10. The van der Waals surface area contributed by atoms with Gasteiger partial charge >= 0.3 is 0 Å². The van der Waals surface area contributed by atoms with Crippen molar-refractivity contribution in [1.82, 2.24) is 0 Å². The first-order valence-corrected chi connectivity index (χ1v) is 7.64. The number of hydrogen-bond acceptors (Lipinski definition) is 5. The van der Waals surface area contributed by atoms with E-state index in [0.717, 1.165) is 0 Å². The second kappa shape index (κ2) is 9.22. The molecule has 0 radical (unpaired) electrons. The lowest BCUT2D eigenvalue weighted by Crippen LogP contribution is -2.20. The van der Waals surface area contributed by atoms with Crippen LogP contribution in [0.25, 0.3) is 0 Å². The van der Waals surface area contributed by atoms with E-state index in [9.17, 15) is 4.79 Å². The van der Waals surface area contributed by atoms with Crippen LogP contribution in [0.3, 0.4) is 0 Å². The Morgan fingerprint density at radius 3 is 2.32 bits per heavy atom. The molecule has 0 bridgehead atoms. The minimum absolute atomic E-state index is 0.145. The van der Waals surface area contributed by atoms with E-state index in [1.165, 1.54) is 0 Å². The van der Waals surface area contributed by atoms with Crippen molar-refractivity contribution >= 4 is 11.6 Å². The van der Waals surface area contributed by atoms with Crippen LogP contribution >= 0.6 is 0 Å². The molecule has 0 fully saturated rings. The second-order valence-corrected chi connectivity index (χ2v) is 5.01. The van der Waals surface area contributed by atoms with Crippen LogP contribution in [0.5, 0.6) is 23.0 Å². The van der Waals surface area contributed by atoms with E-state index in [2.05, 4.69) is 11.9 Å². The lowest BCUT2D eigenvalue weighted by atomic mass is 10.3. The number of amides is 1. The van der Waals surface area contributed by atoms with Crippen molar-refractivity contribution in [2.45, 2.75) is 0 Å². The summed E-state index contributed by atoms with van der Waals surface area (Å²) in [5, 5.41) is 2.75. The first kappa shape index (κ1) is 18.2. The van der Waals surface area contributed by atoms with Crippen LogP contribution in [0.1, 0.15) is 0 Å². The molecule has 2 aromatic carbocycles. The minimum Gasteiger partial charge on any atom is -0.496 e. The Balaban J connectivity index is 1.93. The summed E-state index contributed by atoms with van der Waals surface area (Å²) in [6.45, 7) is 3.85. The largest absolute Gasteiger partial charge is 0.496 e. The average Bonchev–Trinajstić information content (AvgIpc) is 2.64. The third-order valence-electron chi connectivity index (χ3n) is 3.18. The molecule has 0 aliphatic heterocycles. The molecule has 0 atom stereocenters. The zero-order valence-corrected chi connectivity index (χ0v) is 14.3. The van der Waals surface area contributed by atoms with Gasteiger partial charge in [0.1, 0.15) is 29.6 Å². The summed E-state index contributed by atoms with van der Waals surface area (Å²) < 4.78 is 21.3. The van der Waals surface area contributed by atoms with Crippen molar-refractivity contribution in [3.8, 4) is 23.0 Å². The lowest BCUT2D eigenvalue weighted by molar-refractivity contribution is -0.118. The quantitative estimate of drug-likeness (QED) is 0.708. The fourth-order valence-corrected chi connectivity index (χ4v) is 2.03. The molecule has 0 saturated heterocycles. The zero-order valence-electron chi connectivity index (χ0n) is 14.3. The highest BCUT2D eigenvalue weighted by atomic mass is 16.5. The molecule has 0 aliphatic carbocycles. The Labute approximate surface area is 147 Å². The SMILES string of the molecule is C=CCOc1cccc(NC(=O)COc2cc(OC)cc(OC)c2)c1. The molecule has 0 aliphatic rings. The topological polar surface area (TPSA) is 66.0 Å². The number of carbonyl (C=O) groups excluding carboxylic acids is 1. The van der Waals surface area contributed by atoms with E-state index in [-0.39, 0.29) is 12.5 Å². The number of rotatable bonds is 9. The van der Waals surface area contributed by atoms with Crippen LogP contribution in [0.2, 0.25) is 0 Å². The van der Waals surface area contributed by atoms with Crippen LogP contribution in [0.15, 0.2) is 55.1 Å². The minimum atomic E-state index is -0.289. The van der Waals surface area contributed by atoms with Crippen molar-refractivity contribution in [2.75, 3.05) is 32.8 Å². The Morgan fingerprint density at radius 1 is 1.00 bits per heavy atom. The second-order valence-electron chi connectivity index (χ2n) is 5.01. The zero-order chi connectivity index (χ0) is 18.1. The fourth-order valence-electron chi connectivity index (χ4n) is 2.03. The van der Waals surface area contributed by atoms with Gasteiger partial charge < -0.3 is 24.3 Å². The molecule has 1 amide bonds. The highest BCUT2D eigenvalue weighted by Gasteiger charge is 2.07. The van der Waals surface area contributed by atoms with E-state index < -0.39 is 0 Å². The summed E-state index contributed by atoms with van der Waals surface area (Å²) in [5.41, 5.74) is 0.624. The fraction of sp³-hybridized carbons (Fsp3) is 0.211. The Bertz CT molecular complexity index is 707. The van der Waals surface area contributed by atoms with Gasteiger partial charge in [0.15, 0.2) is 6.61 Å². The summed E-state index contributed by atoms with van der Waals surface area (Å²) in [6, 6.07) is 12.2. The van der Waals surface area contributed by atoms with Gasteiger partial charge in [-0.25, -0.2) is 0 Å². The predicted octanol–water partition coefficient (Wildman–Crippen LogP) is 3.29. The molecule has 6 nitrogen and oxygen atoms in total. The molecule has 0 saturated carbocycles. The van der Waals surface area contributed by atoms with E-state index >= 15 is 0 Å². The third kappa shape index (κ3) is 5.76. The Hall–Kier alpha value is -3.15. The maximum atomic E-state index is 12.1. The van der Waals surface area contributed by atoms with Crippen molar-refractivity contribution in [2.24, 2.45) is 0 Å². The van der Waals surface area contributed by atoms with Gasteiger partial charge in [-0.15, -0.1) is 0 Å². The van der Waals surface area contributed by atoms with Gasteiger partial charge in [-0.1, -0.05) is 18.7 Å². The molecule has 1 N–H and O–H groups in total. The van der Waals surface area contributed by atoms with Crippen LogP contribution in [-0.4, -0.2) is 33.3 Å². The van der Waals surface area contributed by atoms with Crippen LogP contribution in [0.4, 0.5) is 5.69 Å². The number of anilines is 1. The summed E-state index contributed by atoms with van der Waals surface area (Å²) >= 11 is 0. The van der Waals surface area contributed by atoms with E-state index in [4.69, 9.17) is 18.9 Å². The highest BCUT2D eigenvalue weighted by Crippen LogP contribution is 2.27. The molecule has 0 unspecified atom stereocenters. The third-order valence-corrected chi connectivity index (χ3v) is 3.18. The molecule has 6 heteroatoms. The van der Waals surface area contributed by atoms with Crippen LogP contribution in [-0.2, 0) is 4.79 Å². The number of methoxy groups -OCH3 is 2. The number of ether oxygens (including phenoxy) is 4. The van der Waals surface area contributed by atoms with Gasteiger partial charge in [0.25, 0.3) is 5.91 Å². The van der Waals surface area contributed by atoms with E-state index in [1.54, 1.807) is 62.8 Å². The number of carbonyl (C=O) groups is 1. The molecule has 0 heterocycles. The van der Waals surface area contributed by atoms with Crippen molar-refractivity contribution in [3.63, 3.8) is 0 Å². The average molecular weight is 343 g/mol. The van der Waals surface area contributed by atoms with Crippen LogP contribution < -0.4 is 24.3 Å². The summed E-state index contributed by atoms with van der Waals surface area (Å²) in [5.74, 6) is 2.01. The molecule has 2 rings (SSSR count). The van der Waals surface area contributed by atoms with Crippen molar-refractivity contribution in [1.29, 1.82) is 0 Å². The first-order valence-electron chi connectivity index (χ1n) is 7.64. The monoisotopic (exact) mass is 343 g/mol. The predicted molar refractivity (Wildman–Crippen MR) is 95.8 cm³/mol. The normalized spacial score (nSPS) is 9.84. The Morgan fingerprint density at radius 2 is 1.68 bits per heavy atom. The van der Waals surface area contributed by atoms with E-state index in [1.807, 2.05) is 0 Å². The van der Waals surface area contributed by atoms with E-state index in [0.29, 0.717) is 35.3 Å². The van der Waals surface area contributed by atoms with Crippen LogP contribution in [0, 0.1) is 0 Å². The molecule has 132 valence electrons. The molecular weight excluding hydrogens is 322 g/mol. The summed E-state index contributed by atoms with van der Waals surface area (Å²) in [6.07, 6.45) is 1.65. The van der Waals surface area contributed by atoms with Crippen molar-refractivity contribution < 1.29 is 23.7 Å². The molecule has 0 spiro atoms. The maximum absolute atomic E-state index is 12.1. The molecule has 25 heavy (non-hydrogen) atoms. The van der Waals surface area contributed by atoms with Gasteiger partial charge in [-0.2, -0.15) is 0 Å². The lowest BCUT2D eigenvalue weighted by Gasteiger charge is -2.11. The number of benzene rings is 2. The number of hydrogen-bond donors (Lipinski definition) is 1. The molecule has 0 aromatic heterocycles. The van der Waals surface area contributed by atoms with Gasteiger partial charge in [0.2, 0.25) is 0 Å². The number of nitrogens with one attached hydrogen (secondary N) is 1. The standard InChI is InChI=1S/C19H21NO5/c1-4-8-24-15-7-5-6-14(9-15)20-19(21)13-25-18-11-16(22-2)10-17(12-18)23-3/h4-7,9-12H,1,8,13H2,2-3H3,(H,20,21). The highest BCUT2D eigenvalue weighted by molar-refractivity contribution is 5.92.